The van der Waals surface area contributed by atoms with Gasteiger partial charge in [-0.1, -0.05) is 72.4 Å². The molecule has 1 unspecified atom stereocenters. The topological polar surface area (TPSA) is 69.0 Å². The number of aryl methyl sites for hydroxylation is 1. The molecule has 3 aromatic rings. The Labute approximate surface area is 182 Å². The summed E-state index contributed by atoms with van der Waals surface area (Å²) in [4.78, 5) is 12.4. The van der Waals surface area contributed by atoms with E-state index in [1.165, 1.54) is 17.3 Å². The second-order valence-electron chi connectivity index (χ2n) is 7.10. The van der Waals surface area contributed by atoms with Crippen LogP contribution in [0.4, 0.5) is 0 Å². The molecule has 0 aliphatic heterocycles. The first-order chi connectivity index (χ1) is 14.7. The molecule has 1 N–H and O–H groups in total. The van der Waals surface area contributed by atoms with Crippen LogP contribution >= 0.6 is 11.8 Å². The molecule has 1 atom stereocenters. The number of carbonyl (C=O) groups excluding carboxylic acids is 1. The minimum atomic E-state index is 0.00288. The number of nitrogens with one attached hydrogen (secondary N) is 1. The fourth-order valence-corrected chi connectivity index (χ4v) is 3.90. The van der Waals surface area contributed by atoms with Gasteiger partial charge in [-0.25, -0.2) is 0 Å². The van der Waals surface area contributed by atoms with Crippen molar-refractivity contribution in [3.05, 3.63) is 66.2 Å². The third-order valence-electron chi connectivity index (χ3n) is 4.72. The number of carbonyl (C=O) groups is 1. The molecule has 0 aliphatic rings. The Bertz CT molecular complexity index is 915. The molecule has 0 saturated carbocycles. The van der Waals surface area contributed by atoms with Crippen LogP contribution in [-0.4, -0.2) is 46.2 Å². The molecule has 0 fully saturated rings. The van der Waals surface area contributed by atoms with E-state index in [0.29, 0.717) is 18.9 Å². The van der Waals surface area contributed by atoms with Crippen molar-refractivity contribution in [3.8, 4) is 11.4 Å². The van der Waals surface area contributed by atoms with Crippen LogP contribution in [0.5, 0.6) is 0 Å². The lowest BCUT2D eigenvalue weighted by Gasteiger charge is -2.14. The van der Waals surface area contributed by atoms with Crippen LogP contribution in [0, 0.1) is 0 Å². The van der Waals surface area contributed by atoms with E-state index in [1.807, 2.05) is 60.0 Å². The van der Waals surface area contributed by atoms with Crippen LogP contribution in [0.15, 0.2) is 65.8 Å². The molecule has 1 amide bonds. The Morgan fingerprint density at radius 3 is 2.50 bits per heavy atom. The van der Waals surface area contributed by atoms with Crippen molar-refractivity contribution in [1.29, 1.82) is 0 Å². The van der Waals surface area contributed by atoms with Gasteiger partial charge in [-0.15, -0.1) is 10.2 Å². The molecule has 1 aromatic heterocycles. The number of benzene rings is 2. The summed E-state index contributed by atoms with van der Waals surface area (Å²) < 4.78 is 7.25. The van der Waals surface area contributed by atoms with Crippen LogP contribution in [0.2, 0.25) is 0 Å². The predicted octanol–water partition coefficient (Wildman–Crippen LogP) is 3.82. The van der Waals surface area contributed by atoms with E-state index in [2.05, 4.69) is 27.6 Å². The summed E-state index contributed by atoms with van der Waals surface area (Å²) in [5, 5.41) is 12.5. The van der Waals surface area contributed by atoms with Gasteiger partial charge in [-0.2, -0.15) is 0 Å². The molecule has 0 saturated heterocycles. The molecule has 2 aromatic carbocycles. The lowest BCUT2D eigenvalue weighted by atomic mass is 10.1. The summed E-state index contributed by atoms with van der Waals surface area (Å²) in [5.41, 5.74) is 2.28. The number of hydrogen-bond acceptors (Lipinski definition) is 5. The van der Waals surface area contributed by atoms with Crippen molar-refractivity contribution >= 4 is 17.7 Å². The smallest absolute Gasteiger partial charge is 0.230 e. The molecule has 3 rings (SSSR count). The van der Waals surface area contributed by atoms with E-state index in [1.54, 1.807) is 7.11 Å². The first-order valence-corrected chi connectivity index (χ1v) is 11.1. The van der Waals surface area contributed by atoms with Crippen LogP contribution in [-0.2, 0) is 22.5 Å². The summed E-state index contributed by atoms with van der Waals surface area (Å²) in [5.74, 6) is 1.09. The molecule has 7 heteroatoms. The maximum Gasteiger partial charge on any atom is 0.230 e. The monoisotopic (exact) mass is 424 g/mol. The molecule has 0 bridgehead atoms. The number of nitrogens with zero attached hydrogens (tertiary/aromatic N) is 3. The van der Waals surface area contributed by atoms with Crippen molar-refractivity contribution in [3.63, 3.8) is 0 Å². The highest BCUT2D eigenvalue weighted by atomic mass is 32.2. The van der Waals surface area contributed by atoms with Crippen molar-refractivity contribution in [2.24, 2.45) is 0 Å². The number of thioether (sulfide) groups is 1. The van der Waals surface area contributed by atoms with Crippen molar-refractivity contribution in [2.45, 2.75) is 37.5 Å². The number of ether oxygens (including phenoxy) is 1. The molecular formula is C23H28N4O2S. The Morgan fingerprint density at radius 1 is 1.10 bits per heavy atom. The number of aromatic nitrogens is 3. The number of methoxy groups -OCH3 is 1. The van der Waals surface area contributed by atoms with Gasteiger partial charge in [0.1, 0.15) is 0 Å². The summed E-state index contributed by atoms with van der Waals surface area (Å²) in [6, 6.07) is 20.4. The van der Waals surface area contributed by atoms with Gasteiger partial charge >= 0.3 is 0 Å². The largest absolute Gasteiger partial charge is 0.383 e. The van der Waals surface area contributed by atoms with E-state index in [0.717, 1.165) is 29.4 Å². The molecule has 1 heterocycles. The molecule has 6 nitrogen and oxygen atoms in total. The highest BCUT2D eigenvalue weighted by Gasteiger charge is 2.16. The quantitative estimate of drug-likeness (QED) is 0.474. The maximum atomic E-state index is 12.4. The van der Waals surface area contributed by atoms with Crippen LogP contribution < -0.4 is 5.32 Å². The van der Waals surface area contributed by atoms with Gasteiger partial charge in [-0.3, -0.25) is 9.36 Å². The number of rotatable bonds is 11. The summed E-state index contributed by atoms with van der Waals surface area (Å²) in [7, 11) is 1.67. The Morgan fingerprint density at radius 2 is 1.80 bits per heavy atom. The highest BCUT2D eigenvalue weighted by molar-refractivity contribution is 7.99. The predicted molar refractivity (Wildman–Crippen MR) is 120 cm³/mol. The summed E-state index contributed by atoms with van der Waals surface area (Å²) in [6.07, 6.45) is 1.85. The van der Waals surface area contributed by atoms with Gasteiger partial charge < -0.3 is 10.1 Å². The lowest BCUT2D eigenvalue weighted by molar-refractivity contribution is -0.119. The minimum Gasteiger partial charge on any atom is -0.383 e. The van der Waals surface area contributed by atoms with Crippen molar-refractivity contribution < 1.29 is 9.53 Å². The molecule has 0 radical (unpaired) electrons. The third kappa shape index (κ3) is 6.43. The van der Waals surface area contributed by atoms with E-state index in [4.69, 9.17) is 4.74 Å². The summed E-state index contributed by atoms with van der Waals surface area (Å²) in [6.45, 7) is 3.22. The van der Waals surface area contributed by atoms with Crippen molar-refractivity contribution in [1.82, 2.24) is 20.1 Å². The van der Waals surface area contributed by atoms with Gasteiger partial charge in [0, 0.05) is 18.7 Å². The molecular weight excluding hydrogens is 396 g/mol. The molecule has 0 aliphatic carbocycles. The second kappa shape index (κ2) is 11.5. The zero-order valence-corrected chi connectivity index (χ0v) is 18.3. The van der Waals surface area contributed by atoms with Crippen LogP contribution in [0.1, 0.15) is 18.9 Å². The normalized spacial score (nSPS) is 11.9. The molecule has 0 spiro atoms. The van der Waals surface area contributed by atoms with Crippen LogP contribution in [0.3, 0.4) is 0 Å². The van der Waals surface area contributed by atoms with Crippen LogP contribution in [0.25, 0.3) is 11.4 Å². The average Bonchev–Trinajstić information content (AvgIpc) is 3.19. The van der Waals surface area contributed by atoms with E-state index >= 15 is 0 Å². The van der Waals surface area contributed by atoms with E-state index in [9.17, 15) is 4.79 Å². The fraction of sp³-hybridized carbons (Fsp3) is 0.348. The Hall–Kier alpha value is -2.64. The Kier molecular flexibility index (Phi) is 8.47. The molecule has 158 valence electrons. The highest BCUT2D eigenvalue weighted by Crippen LogP contribution is 2.23. The average molecular weight is 425 g/mol. The SMILES string of the molecule is COCCn1c(SCC(=O)NC(C)CCc2ccccc2)nnc1-c1ccccc1. The minimum absolute atomic E-state index is 0.00288. The zero-order valence-electron chi connectivity index (χ0n) is 17.5. The van der Waals surface area contributed by atoms with Gasteiger partial charge in [0.05, 0.1) is 18.9 Å². The van der Waals surface area contributed by atoms with Crippen molar-refractivity contribution in [2.75, 3.05) is 19.5 Å². The van der Waals surface area contributed by atoms with E-state index in [-0.39, 0.29) is 11.9 Å². The fourth-order valence-electron chi connectivity index (χ4n) is 3.13. The Balaban J connectivity index is 1.55. The zero-order chi connectivity index (χ0) is 21.2. The van der Waals surface area contributed by atoms with E-state index < -0.39 is 0 Å². The summed E-state index contributed by atoms with van der Waals surface area (Å²) >= 11 is 1.40. The first kappa shape index (κ1) is 22.1. The standard InChI is InChI=1S/C23H28N4O2S/c1-18(13-14-19-9-5-3-6-10-19)24-21(28)17-30-23-26-25-22(27(23)15-16-29-2)20-11-7-4-8-12-20/h3-12,18H,13-17H2,1-2H3,(H,24,28). The number of hydrogen-bond donors (Lipinski definition) is 1. The molecule has 30 heavy (non-hydrogen) atoms. The van der Waals surface area contributed by atoms with Gasteiger partial charge in [-0.05, 0) is 25.3 Å². The third-order valence-corrected chi connectivity index (χ3v) is 5.68. The lowest BCUT2D eigenvalue weighted by Crippen LogP contribution is -2.34. The first-order valence-electron chi connectivity index (χ1n) is 10.1. The van der Waals surface area contributed by atoms with Gasteiger partial charge in [0.2, 0.25) is 5.91 Å². The second-order valence-corrected chi connectivity index (χ2v) is 8.04. The maximum absolute atomic E-state index is 12.4. The van der Waals surface area contributed by atoms with Gasteiger partial charge in [0.25, 0.3) is 0 Å². The van der Waals surface area contributed by atoms with Gasteiger partial charge in [0.15, 0.2) is 11.0 Å². The number of amides is 1.